The summed E-state index contributed by atoms with van der Waals surface area (Å²) >= 11 is 0. The second-order valence-corrected chi connectivity index (χ2v) is 3.22. The Hall–Kier alpha value is -0.120. The van der Waals surface area contributed by atoms with Crippen LogP contribution < -0.4 is 5.32 Å². The summed E-state index contributed by atoms with van der Waals surface area (Å²) in [4.78, 5) is 0. The van der Waals surface area contributed by atoms with E-state index in [1.807, 2.05) is 20.9 Å². The molecule has 0 spiro atoms. The zero-order valence-electron chi connectivity index (χ0n) is 7.85. The van der Waals surface area contributed by atoms with Crippen LogP contribution in [0.25, 0.3) is 0 Å². The topological polar surface area (TPSA) is 41.5 Å². The molecule has 0 amide bonds. The third-order valence-corrected chi connectivity index (χ3v) is 1.95. The second-order valence-electron chi connectivity index (χ2n) is 3.22. The van der Waals surface area contributed by atoms with Gasteiger partial charge in [0.1, 0.15) is 5.60 Å². The van der Waals surface area contributed by atoms with Gasteiger partial charge in [-0.2, -0.15) is 0 Å². The highest BCUT2D eigenvalue weighted by Gasteiger charge is 2.29. The van der Waals surface area contributed by atoms with Crippen LogP contribution in [0, 0.1) is 5.92 Å². The van der Waals surface area contributed by atoms with Crippen LogP contribution in [0.1, 0.15) is 13.8 Å². The molecule has 3 nitrogen and oxygen atoms in total. The summed E-state index contributed by atoms with van der Waals surface area (Å²) in [6.07, 6.45) is 0. The van der Waals surface area contributed by atoms with E-state index in [-0.39, 0.29) is 5.92 Å². The zero-order chi connectivity index (χ0) is 8.91. The molecule has 1 atom stereocenters. The summed E-state index contributed by atoms with van der Waals surface area (Å²) in [7, 11) is 3.42. The summed E-state index contributed by atoms with van der Waals surface area (Å²) in [5.41, 5.74) is -0.733. The van der Waals surface area contributed by atoms with Crippen LogP contribution in [-0.2, 0) is 4.74 Å². The minimum absolute atomic E-state index is 0.204. The molecule has 0 aliphatic carbocycles. The van der Waals surface area contributed by atoms with Gasteiger partial charge in [0, 0.05) is 13.7 Å². The average molecular weight is 161 g/mol. The van der Waals surface area contributed by atoms with Crippen molar-refractivity contribution in [2.45, 2.75) is 19.4 Å². The lowest BCUT2D eigenvalue weighted by Crippen LogP contribution is -2.47. The van der Waals surface area contributed by atoms with Crippen LogP contribution >= 0.6 is 0 Å². The highest BCUT2D eigenvalue weighted by atomic mass is 16.5. The van der Waals surface area contributed by atoms with E-state index in [1.54, 1.807) is 7.11 Å². The number of hydrogen-bond acceptors (Lipinski definition) is 3. The normalized spacial score (nSPS) is 16.9. The van der Waals surface area contributed by atoms with Gasteiger partial charge in [0.15, 0.2) is 0 Å². The SMILES string of the molecule is CNCC(O)(COC)C(C)C. The lowest BCUT2D eigenvalue weighted by molar-refractivity contribution is -0.0613. The smallest absolute Gasteiger partial charge is 0.103 e. The Morgan fingerprint density at radius 2 is 2.09 bits per heavy atom. The molecule has 68 valence electrons. The van der Waals surface area contributed by atoms with Gasteiger partial charge in [0.2, 0.25) is 0 Å². The molecule has 0 aromatic rings. The molecule has 3 heteroatoms. The van der Waals surface area contributed by atoms with Crippen molar-refractivity contribution in [2.24, 2.45) is 5.92 Å². The Balaban J connectivity index is 4.01. The van der Waals surface area contributed by atoms with Gasteiger partial charge in [0.05, 0.1) is 6.61 Å². The standard InChI is InChI=1S/C8H19NO2/c1-7(2)8(10,5-9-3)6-11-4/h7,9-10H,5-6H2,1-4H3. The maximum atomic E-state index is 9.90. The molecule has 1 unspecified atom stereocenters. The summed E-state index contributed by atoms with van der Waals surface area (Å²) < 4.78 is 4.93. The summed E-state index contributed by atoms with van der Waals surface area (Å²) in [5.74, 6) is 0.204. The van der Waals surface area contributed by atoms with Gasteiger partial charge >= 0.3 is 0 Å². The van der Waals surface area contributed by atoms with E-state index in [4.69, 9.17) is 4.74 Å². The Bertz CT molecular complexity index is 98.3. The molecule has 0 aromatic carbocycles. The van der Waals surface area contributed by atoms with Crippen LogP contribution in [0.5, 0.6) is 0 Å². The van der Waals surface area contributed by atoms with Gasteiger partial charge in [-0.1, -0.05) is 13.8 Å². The predicted molar refractivity (Wildman–Crippen MR) is 45.6 cm³/mol. The van der Waals surface area contributed by atoms with Crippen molar-refractivity contribution in [3.8, 4) is 0 Å². The number of likely N-dealkylation sites (N-methyl/N-ethyl adjacent to an activating group) is 1. The van der Waals surface area contributed by atoms with E-state index in [0.29, 0.717) is 13.2 Å². The first-order chi connectivity index (χ1) is 5.06. The lowest BCUT2D eigenvalue weighted by atomic mass is 9.91. The minimum Gasteiger partial charge on any atom is -0.386 e. The third kappa shape index (κ3) is 3.18. The van der Waals surface area contributed by atoms with Crippen LogP contribution in [0.4, 0.5) is 0 Å². The predicted octanol–water partition coefficient (Wildman–Crippen LogP) is 0.239. The minimum atomic E-state index is -0.733. The largest absolute Gasteiger partial charge is 0.386 e. The van der Waals surface area contributed by atoms with Crippen LogP contribution in [-0.4, -0.2) is 38.0 Å². The highest BCUT2D eigenvalue weighted by Crippen LogP contribution is 2.15. The van der Waals surface area contributed by atoms with Crippen molar-refractivity contribution in [3.05, 3.63) is 0 Å². The van der Waals surface area contributed by atoms with Gasteiger partial charge in [-0.3, -0.25) is 0 Å². The van der Waals surface area contributed by atoms with E-state index < -0.39 is 5.60 Å². The molecule has 0 heterocycles. The fraction of sp³-hybridized carbons (Fsp3) is 1.00. The maximum Gasteiger partial charge on any atom is 0.103 e. The molecule has 11 heavy (non-hydrogen) atoms. The first kappa shape index (κ1) is 10.9. The second kappa shape index (κ2) is 4.70. The van der Waals surface area contributed by atoms with Crippen LogP contribution in [0.15, 0.2) is 0 Å². The highest BCUT2D eigenvalue weighted by molar-refractivity contribution is 4.83. The molecule has 2 N–H and O–H groups in total. The number of methoxy groups -OCH3 is 1. The van der Waals surface area contributed by atoms with Crippen LogP contribution in [0.3, 0.4) is 0 Å². The molecule has 0 aromatic heterocycles. The van der Waals surface area contributed by atoms with Gasteiger partial charge in [-0.05, 0) is 13.0 Å². The Morgan fingerprint density at radius 3 is 2.36 bits per heavy atom. The summed E-state index contributed by atoms with van der Waals surface area (Å²) in [6.45, 7) is 4.91. The van der Waals surface area contributed by atoms with Gasteiger partial charge in [0.25, 0.3) is 0 Å². The molecule has 0 aliphatic rings. The molecule has 0 saturated carbocycles. The quantitative estimate of drug-likeness (QED) is 0.607. The van der Waals surface area contributed by atoms with Gasteiger partial charge in [-0.25, -0.2) is 0 Å². The molecule has 0 aliphatic heterocycles. The third-order valence-electron chi connectivity index (χ3n) is 1.95. The summed E-state index contributed by atoms with van der Waals surface area (Å²) in [6, 6.07) is 0. The van der Waals surface area contributed by atoms with E-state index >= 15 is 0 Å². The lowest BCUT2D eigenvalue weighted by Gasteiger charge is -2.31. The molecule has 0 bridgehead atoms. The molecular weight excluding hydrogens is 142 g/mol. The molecule has 0 saturated heterocycles. The van der Waals surface area contributed by atoms with Crippen molar-refractivity contribution in [1.82, 2.24) is 5.32 Å². The molecule has 0 rings (SSSR count). The number of rotatable bonds is 5. The zero-order valence-corrected chi connectivity index (χ0v) is 7.85. The summed E-state index contributed by atoms with van der Waals surface area (Å²) in [5, 5.41) is 12.8. The fourth-order valence-corrected chi connectivity index (χ4v) is 0.978. The monoisotopic (exact) mass is 161 g/mol. The fourth-order valence-electron chi connectivity index (χ4n) is 0.978. The first-order valence-corrected chi connectivity index (χ1v) is 3.92. The molecule has 0 fully saturated rings. The van der Waals surface area contributed by atoms with E-state index in [1.165, 1.54) is 0 Å². The van der Waals surface area contributed by atoms with Crippen molar-refractivity contribution < 1.29 is 9.84 Å². The Kier molecular flexibility index (Phi) is 4.65. The Labute approximate surface area is 68.8 Å². The van der Waals surface area contributed by atoms with Crippen LogP contribution in [0.2, 0.25) is 0 Å². The van der Waals surface area contributed by atoms with E-state index in [9.17, 15) is 5.11 Å². The van der Waals surface area contributed by atoms with E-state index in [2.05, 4.69) is 5.32 Å². The van der Waals surface area contributed by atoms with Crippen molar-refractivity contribution in [3.63, 3.8) is 0 Å². The van der Waals surface area contributed by atoms with E-state index in [0.717, 1.165) is 0 Å². The number of aliphatic hydroxyl groups is 1. The Morgan fingerprint density at radius 1 is 1.55 bits per heavy atom. The van der Waals surface area contributed by atoms with Gasteiger partial charge < -0.3 is 15.2 Å². The number of nitrogens with one attached hydrogen (secondary N) is 1. The number of hydrogen-bond donors (Lipinski definition) is 2. The van der Waals surface area contributed by atoms with Crippen molar-refractivity contribution in [2.75, 3.05) is 27.3 Å². The van der Waals surface area contributed by atoms with Gasteiger partial charge in [-0.15, -0.1) is 0 Å². The molecule has 0 radical (unpaired) electrons. The van der Waals surface area contributed by atoms with Crippen molar-refractivity contribution in [1.29, 1.82) is 0 Å². The molecular formula is C8H19NO2. The van der Waals surface area contributed by atoms with Crippen molar-refractivity contribution >= 4 is 0 Å². The first-order valence-electron chi connectivity index (χ1n) is 3.92. The maximum absolute atomic E-state index is 9.90. The number of ether oxygens (including phenoxy) is 1. The average Bonchev–Trinajstić information content (AvgIpc) is 1.88.